The van der Waals surface area contributed by atoms with Crippen molar-refractivity contribution in [2.45, 2.75) is 24.9 Å². The van der Waals surface area contributed by atoms with E-state index in [1.165, 1.54) is 0 Å². The molecule has 4 heteroatoms. The lowest BCUT2D eigenvalue weighted by atomic mass is 9.92. The lowest BCUT2D eigenvalue weighted by Gasteiger charge is -2.25. The minimum absolute atomic E-state index is 0.328. The van der Waals surface area contributed by atoms with Gasteiger partial charge in [-0.3, -0.25) is 4.68 Å². The van der Waals surface area contributed by atoms with Gasteiger partial charge in [-0.25, -0.2) is 0 Å². The highest BCUT2D eigenvalue weighted by Crippen LogP contribution is 2.40. The molecule has 1 saturated carbocycles. The number of nitrogens with two attached hydrogens (primary N) is 1. The zero-order chi connectivity index (χ0) is 10.2. The van der Waals surface area contributed by atoms with Crippen LogP contribution in [0.25, 0.3) is 0 Å². The van der Waals surface area contributed by atoms with E-state index in [0.717, 1.165) is 18.5 Å². The average Bonchev–Trinajstić information content (AvgIpc) is 2.93. The van der Waals surface area contributed by atoms with Crippen molar-refractivity contribution in [2.24, 2.45) is 18.7 Å². The monoisotopic (exact) mass is 195 g/mol. The third kappa shape index (κ3) is 1.81. The molecule has 1 unspecified atom stereocenters. The number of aliphatic hydroxyl groups is 1. The summed E-state index contributed by atoms with van der Waals surface area (Å²) in [6, 6.07) is 1.93. The molecule has 1 aromatic rings. The van der Waals surface area contributed by atoms with E-state index in [4.69, 9.17) is 5.73 Å². The van der Waals surface area contributed by atoms with Crippen LogP contribution < -0.4 is 5.73 Å². The van der Waals surface area contributed by atoms with Gasteiger partial charge in [0.15, 0.2) is 0 Å². The summed E-state index contributed by atoms with van der Waals surface area (Å²) < 4.78 is 1.75. The molecule has 0 amide bonds. The molecule has 0 saturated heterocycles. The first-order valence-corrected chi connectivity index (χ1v) is 5.05. The number of rotatable bonds is 4. The lowest BCUT2D eigenvalue weighted by Crippen LogP contribution is -2.42. The fourth-order valence-electron chi connectivity index (χ4n) is 1.87. The molecule has 1 aliphatic carbocycles. The second-order valence-corrected chi connectivity index (χ2v) is 4.24. The van der Waals surface area contributed by atoms with Crippen molar-refractivity contribution in [1.82, 2.24) is 9.78 Å². The number of aryl methyl sites for hydroxylation is 1. The quantitative estimate of drug-likeness (QED) is 0.714. The Balaban J connectivity index is 2.07. The Hall–Kier alpha value is -0.870. The van der Waals surface area contributed by atoms with Crippen LogP contribution in [0.4, 0.5) is 0 Å². The van der Waals surface area contributed by atoms with Crippen LogP contribution in [0.5, 0.6) is 0 Å². The van der Waals surface area contributed by atoms with Gasteiger partial charge in [-0.1, -0.05) is 0 Å². The van der Waals surface area contributed by atoms with E-state index in [0.29, 0.717) is 18.9 Å². The molecule has 1 aliphatic rings. The van der Waals surface area contributed by atoms with Crippen LogP contribution >= 0.6 is 0 Å². The van der Waals surface area contributed by atoms with Crippen molar-refractivity contribution in [2.75, 3.05) is 6.54 Å². The Kier molecular flexibility index (Phi) is 2.33. The van der Waals surface area contributed by atoms with Gasteiger partial charge in [0.05, 0.1) is 11.3 Å². The predicted molar refractivity (Wildman–Crippen MR) is 53.6 cm³/mol. The number of nitrogens with zero attached hydrogens (tertiary/aromatic N) is 2. The zero-order valence-electron chi connectivity index (χ0n) is 8.48. The van der Waals surface area contributed by atoms with Crippen LogP contribution in [0, 0.1) is 5.92 Å². The molecule has 1 heterocycles. The summed E-state index contributed by atoms with van der Waals surface area (Å²) in [5.74, 6) is 0.384. The van der Waals surface area contributed by atoms with E-state index in [1.54, 1.807) is 4.68 Å². The highest BCUT2D eigenvalue weighted by molar-refractivity contribution is 5.08. The van der Waals surface area contributed by atoms with Crippen LogP contribution in [-0.4, -0.2) is 27.0 Å². The summed E-state index contributed by atoms with van der Waals surface area (Å²) >= 11 is 0. The SMILES string of the molecule is Cn1ccc(CC(O)(CN)C2CC2)n1. The Labute approximate surface area is 83.7 Å². The Morgan fingerprint density at radius 2 is 2.43 bits per heavy atom. The van der Waals surface area contributed by atoms with Crippen molar-refractivity contribution < 1.29 is 5.11 Å². The largest absolute Gasteiger partial charge is 0.388 e. The second kappa shape index (κ2) is 3.37. The fourth-order valence-corrected chi connectivity index (χ4v) is 1.87. The molecule has 0 radical (unpaired) electrons. The lowest BCUT2D eigenvalue weighted by molar-refractivity contribution is 0.0257. The zero-order valence-corrected chi connectivity index (χ0v) is 8.48. The number of aromatic nitrogens is 2. The number of hydrogen-bond donors (Lipinski definition) is 2. The maximum Gasteiger partial charge on any atom is 0.0853 e. The molecule has 1 aromatic heterocycles. The first-order chi connectivity index (χ1) is 6.64. The molecule has 0 spiro atoms. The van der Waals surface area contributed by atoms with E-state index < -0.39 is 5.60 Å². The first kappa shape index (κ1) is 9.68. The van der Waals surface area contributed by atoms with Gasteiger partial charge in [0.2, 0.25) is 0 Å². The van der Waals surface area contributed by atoms with Gasteiger partial charge in [-0.2, -0.15) is 5.10 Å². The van der Waals surface area contributed by atoms with E-state index >= 15 is 0 Å². The minimum Gasteiger partial charge on any atom is -0.388 e. The van der Waals surface area contributed by atoms with Crippen molar-refractivity contribution in [1.29, 1.82) is 0 Å². The van der Waals surface area contributed by atoms with E-state index in [-0.39, 0.29) is 0 Å². The molecule has 78 valence electrons. The topological polar surface area (TPSA) is 64.1 Å². The Morgan fingerprint density at radius 1 is 1.71 bits per heavy atom. The van der Waals surface area contributed by atoms with Gasteiger partial charge < -0.3 is 10.8 Å². The van der Waals surface area contributed by atoms with Crippen LogP contribution in [0.3, 0.4) is 0 Å². The molecule has 4 nitrogen and oxygen atoms in total. The summed E-state index contributed by atoms with van der Waals surface area (Å²) in [4.78, 5) is 0. The molecular weight excluding hydrogens is 178 g/mol. The summed E-state index contributed by atoms with van der Waals surface area (Å²) in [5, 5.41) is 14.5. The predicted octanol–water partition coefficient (Wildman–Crippen LogP) is 0.0624. The van der Waals surface area contributed by atoms with Gasteiger partial charge in [0.1, 0.15) is 0 Å². The van der Waals surface area contributed by atoms with E-state index in [9.17, 15) is 5.11 Å². The van der Waals surface area contributed by atoms with Crippen molar-refractivity contribution in [3.63, 3.8) is 0 Å². The summed E-state index contributed by atoms with van der Waals surface area (Å²) in [6.07, 6.45) is 4.66. The molecule has 1 atom stereocenters. The van der Waals surface area contributed by atoms with Crippen LogP contribution in [0.2, 0.25) is 0 Å². The van der Waals surface area contributed by atoms with Crippen LogP contribution in [0.15, 0.2) is 12.3 Å². The molecule has 0 aliphatic heterocycles. The standard InChI is InChI=1S/C10H17N3O/c1-13-5-4-9(12-13)6-10(14,7-11)8-2-3-8/h4-5,8,14H,2-3,6-7,11H2,1H3. The normalized spacial score (nSPS) is 20.8. The maximum atomic E-state index is 10.2. The van der Waals surface area contributed by atoms with E-state index in [2.05, 4.69) is 5.10 Å². The first-order valence-electron chi connectivity index (χ1n) is 5.05. The fraction of sp³-hybridized carbons (Fsp3) is 0.700. The van der Waals surface area contributed by atoms with Crippen LogP contribution in [-0.2, 0) is 13.5 Å². The third-order valence-electron chi connectivity index (χ3n) is 2.95. The van der Waals surface area contributed by atoms with Gasteiger partial charge in [-0.15, -0.1) is 0 Å². The van der Waals surface area contributed by atoms with E-state index in [1.807, 2.05) is 19.3 Å². The minimum atomic E-state index is -0.728. The summed E-state index contributed by atoms with van der Waals surface area (Å²) in [5.41, 5.74) is 5.81. The maximum absolute atomic E-state index is 10.2. The Morgan fingerprint density at radius 3 is 2.86 bits per heavy atom. The van der Waals surface area contributed by atoms with Gasteiger partial charge in [0.25, 0.3) is 0 Å². The van der Waals surface area contributed by atoms with Crippen molar-refractivity contribution in [3.05, 3.63) is 18.0 Å². The molecule has 0 bridgehead atoms. The highest BCUT2D eigenvalue weighted by Gasteiger charge is 2.43. The summed E-state index contributed by atoms with van der Waals surface area (Å²) in [6.45, 7) is 0.328. The second-order valence-electron chi connectivity index (χ2n) is 4.24. The Bertz CT molecular complexity index is 319. The summed E-state index contributed by atoms with van der Waals surface area (Å²) in [7, 11) is 1.88. The van der Waals surface area contributed by atoms with Crippen molar-refractivity contribution >= 4 is 0 Å². The number of hydrogen-bond acceptors (Lipinski definition) is 3. The van der Waals surface area contributed by atoms with Crippen molar-refractivity contribution in [3.8, 4) is 0 Å². The third-order valence-corrected chi connectivity index (χ3v) is 2.95. The molecule has 0 aromatic carbocycles. The van der Waals surface area contributed by atoms with Gasteiger partial charge in [0, 0.05) is 26.2 Å². The molecular formula is C10H17N3O. The molecule has 1 fully saturated rings. The van der Waals surface area contributed by atoms with Gasteiger partial charge in [-0.05, 0) is 24.8 Å². The molecule has 3 N–H and O–H groups in total. The molecule has 14 heavy (non-hydrogen) atoms. The highest BCUT2D eigenvalue weighted by atomic mass is 16.3. The molecule has 2 rings (SSSR count). The van der Waals surface area contributed by atoms with Gasteiger partial charge >= 0.3 is 0 Å². The van der Waals surface area contributed by atoms with Crippen LogP contribution in [0.1, 0.15) is 18.5 Å². The smallest absolute Gasteiger partial charge is 0.0853 e. The average molecular weight is 195 g/mol.